The predicted octanol–water partition coefficient (Wildman–Crippen LogP) is 3.17. The molecule has 11 heteroatoms. The summed E-state index contributed by atoms with van der Waals surface area (Å²) in [5.74, 6) is 1.28. The van der Waals surface area contributed by atoms with E-state index in [1.165, 1.54) is 0 Å². The molecule has 48 heavy (non-hydrogen) atoms. The monoisotopic (exact) mass is 646 g/mol. The molecule has 6 rings (SSSR count). The third-order valence-corrected chi connectivity index (χ3v) is 8.64. The van der Waals surface area contributed by atoms with Crippen LogP contribution in [-0.4, -0.2) is 73.1 Å². The number of rotatable bonds is 12. The molecular formula is C37H42N8O3. The molecule has 0 saturated carbocycles. The van der Waals surface area contributed by atoms with Crippen molar-refractivity contribution in [2.24, 2.45) is 0 Å². The van der Waals surface area contributed by atoms with Crippen LogP contribution in [0.5, 0.6) is 0 Å². The average Bonchev–Trinajstić information content (AvgIpc) is 3.71. The summed E-state index contributed by atoms with van der Waals surface area (Å²) in [4.78, 5) is 29.2. The number of hydrogen-bond donors (Lipinski definition) is 4. The van der Waals surface area contributed by atoms with Gasteiger partial charge in [0, 0.05) is 11.1 Å². The van der Waals surface area contributed by atoms with Crippen LogP contribution < -0.4 is 10.6 Å². The Kier molecular flexibility index (Phi) is 9.29. The number of carbonyl (C=O) groups excluding carboxylic acids is 1. The van der Waals surface area contributed by atoms with Crippen LogP contribution in [0.1, 0.15) is 34.2 Å². The van der Waals surface area contributed by atoms with E-state index in [0.717, 1.165) is 23.0 Å². The van der Waals surface area contributed by atoms with Crippen LogP contribution in [0.4, 0.5) is 0 Å². The summed E-state index contributed by atoms with van der Waals surface area (Å²) in [6, 6.07) is 15.5. The molecule has 2 unspecified atom stereocenters. The molecule has 0 spiro atoms. The number of aromatic nitrogens is 4. The van der Waals surface area contributed by atoms with Crippen molar-refractivity contribution >= 4 is 5.78 Å². The molecule has 0 saturated heterocycles. The van der Waals surface area contributed by atoms with Crippen LogP contribution in [0.25, 0.3) is 11.4 Å². The highest BCUT2D eigenvalue weighted by molar-refractivity contribution is 6.03. The lowest BCUT2D eigenvalue weighted by Gasteiger charge is -2.43. The van der Waals surface area contributed by atoms with Gasteiger partial charge in [0.2, 0.25) is 5.78 Å². The standard InChI is InChI=1S/C37H42N8O3/c1-42(2)23-33-38-21-27(25-46)44(33)31-15-7-5-13-29(31)36(17-9-11-19-40-36)35(48)37(18-10-12-20-41-37)30-14-6-8-16-32(30)45-28(26-47)22-39-34(45)24-43(3)4/h5-22,40-41,46-47H,23-26H2,1-4H3. The van der Waals surface area contributed by atoms with E-state index in [1.807, 2.05) is 132 Å². The van der Waals surface area contributed by atoms with Gasteiger partial charge in [-0.2, -0.15) is 0 Å². The Balaban J connectivity index is 1.60. The second-order valence-corrected chi connectivity index (χ2v) is 12.5. The van der Waals surface area contributed by atoms with Crippen molar-refractivity contribution in [3.63, 3.8) is 0 Å². The second kappa shape index (κ2) is 13.6. The van der Waals surface area contributed by atoms with Gasteiger partial charge >= 0.3 is 0 Å². The number of nitrogens with zero attached hydrogens (tertiary/aromatic N) is 6. The van der Waals surface area contributed by atoms with Gasteiger partial charge in [-0.1, -0.05) is 48.6 Å². The van der Waals surface area contributed by atoms with Crippen LogP contribution in [-0.2, 0) is 42.2 Å². The van der Waals surface area contributed by atoms with Gasteiger partial charge in [0.1, 0.15) is 22.7 Å². The van der Waals surface area contributed by atoms with Crippen LogP contribution in [0.15, 0.2) is 110 Å². The molecule has 2 aromatic carbocycles. The molecule has 0 radical (unpaired) electrons. The number of aliphatic hydroxyl groups excluding tert-OH is 2. The summed E-state index contributed by atoms with van der Waals surface area (Å²) in [7, 11) is 7.86. The fraction of sp³-hybridized carbons (Fsp3) is 0.270. The zero-order valence-corrected chi connectivity index (χ0v) is 27.7. The topological polar surface area (TPSA) is 124 Å². The largest absolute Gasteiger partial charge is 0.390 e. The number of dihydropyridines is 2. The van der Waals surface area contributed by atoms with E-state index in [1.54, 1.807) is 24.8 Å². The van der Waals surface area contributed by atoms with E-state index in [4.69, 9.17) is 0 Å². The van der Waals surface area contributed by atoms with Gasteiger partial charge in [0.05, 0.1) is 61.5 Å². The van der Waals surface area contributed by atoms with E-state index in [2.05, 4.69) is 20.6 Å². The van der Waals surface area contributed by atoms with E-state index < -0.39 is 11.1 Å². The smallest absolute Gasteiger partial charge is 0.200 e. The van der Waals surface area contributed by atoms with Gasteiger partial charge in [-0.25, -0.2) is 9.97 Å². The summed E-state index contributed by atoms with van der Waals surface area (Å²) >= 11 is 0. The van der Waals surface area contributed by atoms with Gasteiger partial charge < -0.3 is 30.6 Å². The van der Waals surface area contributed by atoms with Crippen molar-refractivity contribution in [2.45, 2.75) is 37.4 Å². The van der Waals surface area contributed by atoms with Crippen LogP contribution in [0.3, 0.4) is 0 Å². The van der Waals surface area contributed by atoms with Crippen molar-refractivity contribution in [3.05, 3.63) is 144 Å². The highest BCUT2D eigenvalue weighted by Crippen LogP contribution is 2.42. The Morgan fingerprint density at radius 2 is 1.10 bits per heavy atom. The molecule has 4 N–H and O–H groups in total. The van der Waals surface area contributed by atoms with Crippen LogP contribution >= 0.6 is 0 Å². The third-order valence-electron chi connectivity index (χ3n) is 8.64. The van der Waals surface area contributed by atoms with Gasteiger partial charge in [-0.15, -0.1) is 0 Å². The molecule has 2 atom stereocenters. The first-order valence-corrected chi connectivity index (χ1v) is 15.9. The van der Waals surface area contributed by atoms with E-state index in [-0.39, 0.29) is 19.0 Å². The zero-order valence-electron chi connectivity index (χ0n) is 27.7. The van der Waals surface area contributed by atoms with Crippen LogP contribution in [0.2, 0.25) is 0 Å². The van der Waals surface area contributed by atoms with E-state index in [9.17, 15) is 10.2 Å². The van der Waals surface area contributed by atoms with Gasteiger partial charge in [0.25, 0.3) is 0 Å². The van der Waals surface area contributed by atoms with E-state index in [0.29, 0.717) is 35.6 Å². The van der Waals surface area contributed by atoms with Crippen molar-refractivity contribution < 1.29 is 15.0 Å². The van der Waals surface area contributed by atoms with Crippen molar-refractivity contribution in [2.75, 3.05) is 28.2 Å². The number of carbonyl (C=O) groups is 1. The highest BCUT2D eigenvalue weighted by Gasteiger charge is 2.52. The molecule has 11 nitrogen and oxygen atoms in total. The molecule has 4 aromatic rings. The first-order valence-electron chi connectivity index (χ1n) is 15.9. The summed E-state index contributed by atoms with van der Waals surface area (Å²) in [5, 5.41) is 27.7. The van der Waals surface area contributed by atoms with Crippen LogP contribution in [0, 0.1) is 0 Å². The number of imidazole rings is 2. The quantitative estimate of drug-likeness (QED) is 0.184. The number of nitrogens with one attached hydrogen (secondary N) is 2. The molecule has 0 fully saturated rings. The second-order valence-electron chi connectivity index (χ2n) is 12.5. The van der Waals surface area contributed by atoms with Crippen molar-refractivity contribution in [3.8, 4) is 11.4 Å². The van der Waals surface area contributed by atoms with Gasteiger partial charge in [-0.05, 0) is 77.0 Å². The lowest BCUT2D eigenvalue weighted by atomic mass is 9.70. The maximum absolute atomic E-state index is 15.8. The SMILES string of the molecule is CN(C)Cc1ncc(CO)n1-c1ccccc1C1(C(=O)C2(c3ccccc3-n3c(CO)cnc3CN(C)C)C=CC=CN2)C=CC=CN1. The molecule has 2 aliphatic heterocycles. The predicted molar refractivity (Wildman–Crippen MR) is 185 cm³/mol. The van der Waals surface area contributed by atoms with Crippen molar-refractivity contribution in [1.29, 1.82) is 0 Å². The fourth-order valence-electron chi connectivity index (χ4n) is 6.60. The number of allylic oxidation sites excluding steroid dienone is 4. The minimum atomic E-state index is -1.37. The Morgan fingerprint density at radius 3 is 1.46 bits per heavy atom. The Morgan fingerprint density at radius 1 is 0.688 bits per heavy atom. The zero-order chi connectivity index (χ0) is 33.9. The number of ketones is 1. The minimum Gasteiger partial charge on any atom is -0.390 e. The number of Topliss-reactive ketones (excluding diaryl/α,β-unsaturated/α-hetero) is 1. The summed E-state index contributed by atoms with van der Waals surface area (Å²) in [6.45, 7) is 0.605. The van der Waals surface area contributed by atoms with Crippen molar-refractivity contribution in [1.82, 2.24) is 39.5 Å². The molecule has 4 heterocycles. The molecule has 0 aliphatic carbocycles. The Bertz CT molecular complexity index is 1780. The molecule has 0 bridgehead atoms. The molecule has 248 valence electrons. The number of benzene rings is 2. The lowest BCUT2D eigenvalue weighted by molar-refractivity contribution is -0.128. The molecule has 2 aliphatic rings. The summed E-state index contributed by atoms with van der Waals surface area (Å²) in [5.41, 5.74) is 1.32. The molecule has 2 aromatic heterocycles. The first-order chi connectivity index (χ1) is 23.3. The van der Waals surface area contributed by atoms with Gasteiger partial charge in [0.15, 0.2) is 0 Å². The third kappa shape index (κ3) is 5.71. The van der Waals surface area contributed by atoms with Gasteiger partial charge in [-0.3, -0.25) is 13.9 Å². The summed E-state index contributed by atoms with van der Waals surface area (Å²) in [6.07, 6.45) is 18.2. The fourth-order valence-corrected chi connectivity index (χ4v) is 6.60. The number of aliphatic hydroxyl groups is 2. The Labute approximate surface area is 280 Å². The first kappa shape index (κ1) is 32.9. The summed E-state index contributed by atoms with van der Waals surface area (Å²) < 4.78 is 3.88. The molecular weight excluding hydrogens is 604 g/mol. The average molecular weight is 647 g/mol. The maximum atomic E-state index is 15.8. The Hall–Kier alpha value is -5.07. The normalized spacial score (nSPS) is 20.0. The highest BCUT2D eigenvalue weighted by atomic mass is 16.3. The number of hydrogen-bond acceptors (Lipinski definition) is 9. The maximum Gasteiger partial charge on any atom is 0.200 e. The number of para-hydroxylation sites is 2. The molecule has 0 amide bonds. The van der Waals surface area contributed by atoms with E-state index >= 15 is 4.79 Å². The minimum absolute atomic E-state index is 0.184. The lowest BCUT2D eigenvalue weighted by Crippen LogP contribution is -2.59.